The highest BCUT2D eigenvalue weighted by atomic mass is 32.1. The molecular formula is C27H18OS2. The summed E-state index contributed by atoms with van der Waals surface area (Å²) >= 11 is 3.58. The van der Waals surface area contributed by atoms with Gasteiger partial charge in [-0.25, -0.2) is 0 Å². The van der Waals surface area contributed by atoms with E-state index in [1.165, 1.54) is 25.4 Å². The van der Waals surface area contributed by atoms with Crippen LogP contribution in [0.1, 0.15) is 16.0 Å². The standard InChI is InChI=1S/C27H18OS2/c1-2-8-20(9-3-1)27(26-15-14-25(30-26)24-11-6-18-29-24)17-16-22-21-10-5-4-7-19(21)12-13-23(22)28-27/h1-18H. The lowest BCUT2D eigenvalue weighted by molar-refractivity contribution is 0.165. The fraction of sp³-hybridized carbons (Fsp3) is 0.0370. The molecule has 1 unspecified atom stereocenters. The summed E-state index contributed by atoms with van der Waals surface area (Å²) in [6, 6.07) is 31.9. The van der Waals surface area contributed by atoms with E-state index in [1.807, 2.05) is 0 Å². The molecule has 0 bridgehead atoms. The van der Waals surface area contributed by atoms with E-state index in [2.05, 4.69) is 109 Å². The molecule has 1 nitrogen and oxygen atoms in total. The smallest absolute Gasteiger partial charge is 0.187 e. The molecule has 1 aliphatic heterocycles. The summed E-state index contributed by atoms with van der Waals surface area (Å²) in [4.78, 5) is 3.75. The largest absolute Gasteiger partial charge is 0.472 e. The van der Waals surface area contributed by atoms with Crippen LogP contribution in [0.15, 0.2) is 102 Å². The molecule has 3 heterocycles. The van der Waals surface area contributed by atoms with Crippen LogP contribution in [-0.4, -0.2) is 0 Å². The average Bonchev–Trinajstić information content (AvgIpc) is 3.51. The van der Waals surface area contributed by atoms with Gasteiger partial charge in [0.1, 0.15) is 5.75 Å². The van der Waals surface area contributed by atoms with Crippen molar-refractivity contribution in [3.63, 3.8) is 0 Å². The van der Waals surface area contributed by atoms with Gasteiger partial charge in [0.2, 0.25) is 0 Å². The number of thiophene rings is 2. The summed E-state index contributed by atoms with van der Waals surface area (Å²) < 4.78 is 6.86. The number of ether oxygens (including phenoxy) is 1. The van der Waals surface area contributed by atoms with E-state index in [4.69, 9.17) is 4.74 Å². The van der Waals surface area contributed by atoms with Crippen molar-refractivity contribution in [3.05, 3.63) is 118 Å². The summed E-state index contributed by atoms with van der Waals surface area (Å²) in [5.41, 5.74) is 1.66. The maximum absolute atomic E-state index is 6.86. The molecule has 0 amide bonds. The normalized spacial score (nSPS) is 17.6. The van der Waals surface area contributed by atoms with E-state index in [1.54, 1.807) is 22.7 Å². The summed E-state index contributed by atoms with van der Waals surface area (Å²) in [6.07, 6.45) is 4.46. The van der Waals surface area contributed by atoms with Crippen molar-refractivity contribution in [2.45, 2.75) is 5.60 Å². The molecule has 1 atom stereocenters. The predicted octanol–water partition coefficient (Wildman–Crippen LogP) is 7.98. The number of benzene rings is 3. The van der Waals surface area contributed by atoms with Crippen LogP contribution in [-0.2, 0) is 5.60 Å². The van der Waals surface area contributed by atoms with Gasteiger partial charge >= 0.3 is 0 Å². The first kappa shape index (κ1) is 17.7. The van der Waals surface area contributed by atoms with Crippen molar-refractivity contribution in [1.82, 2.24) is 0 Å². The van der Waals surface area contributed by atoms with Gasteiger partial charge in [-0.15, -0.1) is 22.7 Å². The van der Waals surface area contributed by atoms with E-state index in [9.17, 15) is 0 Å². The Morgan fingerprint density at radius 2 is 1.57 bits per heavy atom. The van der Waals surface area contributed by atoms with Crippen molar-refractivity contribution in [3.8, 4) is 15.5 Å². The molecule has 1 aliphatic rings. The highest BCUT2D eigenvalue weighted by Crippen LogP contribution is 2.47. The van der Waals surface area contributed by atoms with Gasteiger partial charge in [-0.2, -0.15) is 0 Å². The lowest BCUT2D eigenvalue weighted by Gasteiger charge is -2.35. The number of hydrogen-bond donors (Lipinski definition) is 0. The Bertz CT molecular complexity index is 1360. The summed E-state index contributed by atoms with van der Waals surface area (Å²) in [5.74, 6) is 0.922. The second-order valence-electron chi connectivity index (χ2n) is 7.38. The minimum atomic E-state index is -0.628. The highest BCUT2D eigenvalue weighted by molar-refractivity contribution is 7.21. The van der Waals surface area contributed by atoms with Crippen molar-refractivity contribution in [2.24, 2.45) is 0 Å². The molecule has 0 saturated carbocycles. The van der Waals surface area contributed by atoms with E-state index in [0.29, 0.717) is 0 Å². The van der Waals surface area contributed by atoms with Crippen molar-refractivity contribution < 1.29 is 4.74 Å². The van der Waals surface area contributed by atoms with Crippen LogP contribution in [0.5, 0.6) is 5.75 Å². The van der Waals surface area contributed by atoms with Crippen LogP contribution in [0.25, 0.3) is 26.6 Å². The minimum Gasteiger partial charge on any atom is -0.472 e. The predicted molar refractivity (Wildman–Crippen MR) is 128 cm³/mol. The highest BCUT2D eigenvalue weighted by Gasteiger charge is 2.38. The van der Waals surface area contributed by atoms with Gasteiger partial charge in [0.15, 0.2) is 5.60 Å². The third-order valence-electron chi connectivity index (χ3n) is 5.63. The number of hydrogen-bond acceptors (Lipinski definition) is 3. The van der Waals surface area contributed by atoms with Crippen molar-refractivity contribution >= 4 is 39.5 Å². The summed E-state index contributed by atoms with van der Waals surface area (Å²) in [6.45, 7) is 0. The molecule has 0 saturated heterocycles. The molecule has 144 valence electrons. The molecule has 5 aromatic rings. The van der Waals surface area contributed by atoms with Gasteiger partial charge in [-0.3, -0.25) is 0 Å². The first-order chi connectivity index (χ1) is 14.8. The summed E-state index contributed by atoms with van der Waals surface area (Å²) in [7, 11) is 0. The summed E-state index contributed by atoms with van der Waals surface area (Å²) in [5, 5.41) is 4.58. The zero-order valence-electron chi connectivity index (χ0n) is 16.1. The molecular weight excluding hydrogens is 404 g/mol. The molecule has 0 spiro atoms. The zero-order chi connectivity index (χ0) is 20.0. The maximum atomic E-state index is 6.86. The molecule has 30 heavy (non-hydrogen) atoms. The third kappa shape index (κ3) is 2.74. The van der Waals surface area contributed by atoms with Gasteiger partial charge in [-0.05, 0) is 52.6 Å². The maximum Gasteiger partial charge on any atom is 0.187 e. The molecule has 2 aromatic heterocycles. The second-order valence-corrected chi connectivity index (χ2v) is 9.41. The average molecular weight is 423 g/mol. The van der Waals surface area contributed by atoms with Gasteiger partial charge < -0.3 is 4.74 Å². The third-order valence-corrected chi connectivity index (χ3v) is 7.89. The van der Waals surface area contributed by atoms with Gasteiger partial charge in [-0.1, -0.05) is 66.7 Å². The van der Waals surface area contributed by atoms with Crippen LogP contribution in [0.3, 0.4) is 0 Å². The van der Waals surface area contributed by atoms with E-state index < -0.39 is 5.60 Å². The Morgan fingerprint density at radius 1 is 0.700 bits per heavy atom. The second kappa shape index (κ2) is 6.98. The molecule has 3 heteroatoms. The zero-order valence-corrected chi connectivity index (χ0v) is 17.8. The van der Waals surface area contributed by atoms with Crippen LogP contribution in [0, 0.1) is 0 Å². The number of fused-ring (bicyclic) bond motifs is 3. The van der Waals surface area contributed by atoms with Crippen LogP contribution in [0.4, 0.5) is 0 Å². The van der Waals surface area contributed by atoms with Crippen LogP contribution in [0.2, 0.25) is 0 Å². The van der Waals surface area contributed by atoms with Gasteiger partial charge in [0.05, 0.1) is 4.88 Å². The Balaban J connectivity index is 1.54. The first-order valence-electron chi connectivity index (χ1n) is 9.93. The Kier molecular flexibility index (Phi) is 4.12. The Hall–Kier alpha value is -3.14. The number of rotatable bonds is 3. The SMILES string of the molecule is C1=CC(c2ccccc2)(c2ccc(-c3cccs3)s2)Oc2ccc3ccccc3c21. The van der Waals surface area contributed by atoms with Gasteiger partial charge in [0.25, 0.3) is 0 Å². The Labute approximate surface area is 183 Å². The van der Waals surface area contributed by atoms with E-state index >= 15 is 0 Å². The van der Waals surface area contributed by atoms with E-state index in [-0.39, 0.29) is 0 Å². The lowest BCUT2D eigenvalue weighted by Crippen LogP contribution is -2.33. The van der Waals surface area contributed by atoms with Gasteiger partial charge in [0, 0.05) is 20.9 Å². The van der Waals surface area contributed by atoms with Crippen molar-refractivity contribution in [2.75, 3.05) is 0 Å². The molecule has 0 radical (unpaired) electrons. The van der Waals surface area contributed by atoms with Crippen LogP contribution >= 0.6 is 22.7 Å². The minimum absolute atomic E-state index is 0.628. The first-order valence-corrected chi connectivity index (χ1v) is 11.6. The molecule has 0 aliphatic carbocycles. The van der Waals surface area contributed by atoms with Crippen LogP contribution < -0.4 is 4.74 Å². The fourth-order valence-electron chi connectivity index (χ4n) is 4.15. The lowest BCUT2D eigenvalue weighted by atomic mass is 9.87. The molecule has 3 aromatic carbocycles. The quantitative estimate of drug-likeness (QED) is 0.286. The van der Waals surface area contributed by atoms with Crippen molar-refractivity contribution in [1.29, 1.82) is 0 Å². The molecule has 6 rings (SSSR count). The Morgan fingerprint density at radius 3 is 2.43 bits per heavy atom. The monoisotopic (exact) mass is 422 g/mol. The molecule has 0 fully saturated rings. The van der Waals surface area contributed by atoms with E-state index in [0.717, 1.165) is 16.9 Å². The fourth-order valence-corrected chi connectivity index (χ4v) is 6.12. The molecule has 0 N–H and O–H groups in total. The topological polar surface area (TPSA) is 9.23 Å².